The third kappa shape index (κ3) is 2.72. The van der Waals surface area contributed by atoms with Crippen LogP contribution in [0.25, 0.3) is 11.0 Å². The maximum atomic E-state index is 12.1. The summed E-state index contributed by atoms with van der Waals surface area (Å²) in [5.41, 5.74) is 5.50. The van der Waals surface area contributed by atoms with E-state index in [1.807, 2.05) is 17.4 Å². The van der Waals surface area contributed by atoms with Gasteiger partial charge in [-0.1, -0.05) is 0 Å². The molecule has 1 fully saturated rings. The Kier molecular flexibility index (Phi) is 3.80. The fraction of sp³-hybridized carbons (Fsp3) is 0.409. The molecule has 4 heteroatoms. The first-order chi connectivity index (χ1) is 12.6. The first-order valence-corrected chi connectivity index (χ1v) is 10.3. The summed E-state index contributed by atoms with van der Waals surface area (Å²) in [7, 11) is 0. The van der Waals surface area contributed by atoms with Crippen LogP contribution in [-0.4, -0.2) is 11.4 Å². The van der Waals surface area contributed by atoms with Gasteiger partial charge in [0.25, 0.3) is 0 Å². The van der Waals surface area contributed by atoms with E-state index in [9.17, 15) is 4.79 Å². The summed E-state index contributed by atoms with van der Waals surface area (Å²) >= 11 is 1.90. The lowest BCUT2D eigenvalue weighted by molar-refractivity contribution is 0.158. The summed E-state index contributed by atoms with van der Waals surface area (Å²) < 4.78 is 5.49. The summed E-state index contributed by atoms with van der Waals surface area (Å²) in [4.78, 5) is 16.3. The van der Waals surface area contributed by atoms with Gasteiger partial charge in [0.2, 0.25) is 0 Å². The van der Waals surface area contributed by atoms with Gasteiger partial charge in [-0.2, -0.15) is 0 Å². The van der Waals surface area contributed by atoms with Crippen molar-refractivity contribution in [2.45, 2.75) is 45.7 Å². The molecule has 3 nitrogen and oxygen atoms in total. The zero-order valence-electron chi connectivity index (χ0n) is 15.2. The van der Waals surface area contributed by atoms with Crippen LogP contribution < -0.4 is 5.63 Å². The highest BCUT2D eigenvalue weighted by Gasteiger charge is 2.39. The number of thiophene rings is 1. The molecule has 1 aliphatic heterocycles. The van der Waals surface area contributed by atoms with Gasteiger partial charge in [-0.3, -0.25) is 4.90 Å². The molecule has 0 N–H and O–H groups in total. The number of nitrogens with zero attached hydrogens (tertiary/aromatic N) is 1. The molecular formula is C22H23NO2S. The standard InChI is InChI=1S/C22H23NO2S/c1-13-9-18-16(11-21(24)25-19(18)10-14(13)2)12-23-7-5-20-17(6-8-26-20)22(23)15-3-4-15/h6,8-11,15,22H,3-5,7,12H2,1-2H3/t22-/m0/s1. The Labute approximate surface area is 157 Å². The van der Waals surface area contributed by atoms with E-state index in [4.69, 9.17) is 4.42 Å². The highest BCUT2D eigenvalue weighted by atomic mass is 32.1. The van der Waals surface area contributed by atoms with Gasteiger partial charge in [0.1, 0.15) is 5.58 Å². The Morgan fingerprint density at radius 2 is 2.00 bits per heavy atom. The minimum atomic E-state index is -0.244. The van der Waals surface area contributed by atoms with Gasteiger partial charge in [0, 0.05) is 35.5 Å². The molecule has 0 amide bonds. The number of aryl methyl sites for hydroxylation is 2. The van der Waals surface area contributed by atoms with E-state index >= 15 is 0 Å². The number of fused-ring (bicyclic) bond motifs is 2. The van der Waals surface area contributed by atoms with Crippen molar-refractivity contribution >= 4 is 22.3 Å². The molecule has 3 heterocycles. The number of hydrogen-bond acceptors (Lipinski definition) is 4. The smallest absolute Gasteiger partial charge is 0.336 e. The van der Waals surface area contributed by atoms with Gasteiger partial charge in [0.15, 0.2) is 0 Å². The van der Waals surface area contributed by atoms with Crippen LogP contribution in [0.3, 0.4) is 0 Å². The van der Waals surface area contributed by atoms with Gasteiger partial charge >= 0.3 is 5.63 Å². The van der Waals surface area contributed by atoms with Gasteiger partial charge in [-0.05, 0) is 84.9 Å². The molecular weight excluding hydrogens is 342 g/mol. The van der Waals surface area contributed by atoms with Crippen LogP contribution in [0.4, 0.5) is 0 Å². The Bertz CT molecular complexity index is 1040. The van der Waals surface area contributed by atoms with Crippen molar-refractivity contribution in [2.24, 2.45) is 5.92 Å². The molecule has 0 unspecified atom stereocenters. The number of rotatable bonds is 3. The minimum absolute atomic E-state index is 0.244. The van der Waals surface area contributed by atoms with E-state index in [-0.39, 0.29) is 5.63 Å². The second kappa shape index (κ2) is 6.07. The number of hydrogen-bond donors (Lipinski definition) is 0. The highest BCUT2D eigenvalue weighted by molar-refractivity contribution is 7.10. The van der Waals surface area contributed by atoms with Crippen molar-refractivity contribution < 1.29 is 4.42 Å². The van der Waals surface area contributed by atoms with E-state index in [1.54, 1.807) is 10.9 Å². The third-order valence-corrected chi connectivity index (χ3v) is 7.00. The van der Waals surface area contributed by atoms with Gasteiger partial charge < -0.3 is 4.42 Å². The predicted octanol–water partition coefficient (Wildman–Crippen LogP) is 4.98. The first-order valence-electron chi connectivity index (χ1n) is 9.44. The van der Waals surface area contributed by atoms with Gasteiger partial charge in [-0.25, -0.2) is 4.79 Å². The zero-order valence-corrected chi connectivity index (χ0v) is 16.1. The Hall–Kier alpha value is -1.91. The quantitative estimate of drug-likeness (QED) is 0.614. The maximum absolute atomic E-state index is 12.1. The van der Waals surface area contributed by atoms with Crippen molar-refractivity contribution in [1.82, 2.24) is 4.90 Å². The predicted molar refractivity (Wildman–Crippen MR) is 106 cm³/mol. The fourth-order valence-electron chi connectivity index (χ4n) is 4.37. The summed E-state index contributed by atoms with van der Waals surface area (Å²) in [6.07, 6.45) is 3.77. The van der Waals surface area contributed by atoms with Crippen molar-refractivity contribution in [3.05, 3.63) is 67.2 Å². The topological polar surface area (TPSA) is 33.5 Å². The number of benzene rings is 1. The minimum Gasteiger partial charge on any atom is -0.423 e. The van der Waals surface area contributed by atoms with E-state index in [0.717, 1.165) is 41.9 Å². The molecule has 5 rings (SSSR count). The van der Waals surface area contributed by atoms with E-state index in [2.05, 4.69) is 36.3 Å². The average Bonchev–Trinajstić information content (AvgIpc) is 3.32. The molecule has 1 aromatic carbocycles. The van der Waals surface area contributed by atoms with Crippen molar-refractivity contribution in [1.29, 1.82) is 0 Å². The summed E-state index contributed by atoms with van der Waals surface area (Å²) in [5.74, 6) is 0.777. The molecule has 1 saturated carbocycles. The van der Waals surface area contributed by atoms with Crippen LogP contribution in [0.2, 0.25) is 0 Å². The maximum Gasteiger partial charge on any atom is 0.336 e. The molecule has 26 heavy (non-hydrogen) atoms. The van der Waals surface area contributed by atoms with E-state index < -0.39 is 0 Å². The van der Waals surface area contributed by atoms with Crippen molar-refractivity contribution in [2.75, 3.05) is 6.54 Å². The molecule has 134 valence electrons. The summed E-state index contributed by atoms with van der Waals surface area (Å²) in [6, 6.07) is 8.71. The lowest BCUT2D eigenvalue weighted by atomic mass is 9.94. The lowest BCUT2D eigenvalue weighted by Crippen LogP contribution is -2.35. The second-order valence-corrected chi connectivity index (χ2v) is 8.83. The molecule has 0 spiro atoms. The van der Waals surface area contributed by atoms with Crippen LogP contribution in [0.5, 0.6) is 0 Å². The largest absolute Gasteiger partial charge is 0.423 e. The summed E-state index contributed by atoms with van der Waals surface area (Å²) in [5, 5.41) is 3.32. The normalized spacial score (nSPS) is 20.5. The molecule has 0 saturated heterocycles. The molecule has 0 bridgehead atoms. The fourth-order valence-corrected chi connectivity index (χ4v) is 5.29. The van der Waals surface area contributed by atoms with Crippen LogP contribution in [0.15, 0.2) is 38.9 Å². The van der Waals surface area contributed by atoms with Crippen molar-refractivity contribution in [3.63, 3.8) is 0 Å². The van der Waals surface area contributed by atoms with Crippen LogP contribution in [0.1, 0.15) is 46.0 Å². The molecule has 2 aliphatic rings. The van der Waals surface area contributed by atoms with Gasteiger partial charge in [-0.15, -0.1) is 11.3 Å². The lowest BCUT2D eigenvalue weighted by Gasteiger charge is -2.36. The second-order valence-electron chi connectivity index (χ2n) is 7.83. The zero-order chi connectivity index (χ0) is 17.8. The van der Waals surface area contributed by atoms with E-state index in [1.165, 1.54) is 24.0 Å². The monoisotopic (exact) mass is 365 g/mol. The molecule has 1 aliphatic carbocycles. The van der Waals surface area contributed by atoms with Gasteiger partial charge in [0.05, 0.1) is 0 Å². The molecule has 1 atom stereocenters. The molecule has 2 aromatic heterocycles. The van der Waals surface area contributed by atoms with Crippen molar-refractivity contribution in [3.8, 4) is 0 Å². The Balaban J connectivity index is 1.57. The molecule has 0 radical (unpaired) electrons. The van der Waals surface area contributed by atoms with Crippen LogP contribution in [0, 0.1) is 19.8 Å². The molecule has 3 aromatic rings. The van der Waals surface area contributed by atoms with Crippen LogP contribution >= 0.6 is 11.3 Å². The third-order valence-electron chi connectivity index (χ3n) is 6.00. The Morgan fingerprint density at radius 3 is 2.81 bits per heavy atom. The highest BCUT2D eigenvalue weighted by Crippen LogP contribution is 2.48. The Morgan fingerprint density at radius 1 is 1.19 bits per heavy atom. The first kappa shape index (κ1) is 16.3. The van der Waals surface area contributed by atoms with E-state index in [0.29, 0.717) is 11.6 Å². The summed E-state index contributed by atoms with van der Waals surface area (Å²) in [6.45, 7) is 6.07. The SMILES string of the molecule is Cc1cc2oc(=O)cc(CN3CCc4sccc4[C@@H]3C3CC3)c2cc1C. The van der Waals surface area contributed by atoms with Crippen LogP contribution in [-0.2, 0) is 13.0 Å². The average molecular weight is 365 g/mol.